The number of phenols is 1. The molecule has 28 heavy (non-hydrogen) atoms. The summed E-state index contributed by atoms with van der Waals surface area (Å²) in [5.41, 5.74) is 5.75. The van der Waals surface area contributed by atoms with Crippen molar-refractivity contribution in [2.45, 2.75) is 26.7 Å². The molecule has 0 aliphatic heterocycles. The van der Waals surface area contributed by atoms with Gasteiger partial charge in [0.05, 0.1) is 17.8 Å². The first kappa shape index (κ1) is 21.4. The molecule has 8 heteroatoms. The summed E-state index contributed by atoms with van der Waals surface area (Å²) in [4.78, 5) is 23.9. The van der Waals surface area contributed by atoms with Crippen molar-refractivity contribution in [2.24, 2.45) is 5.10 Å². The number of ether oxygens (including phenoxy) is 1. The van der Waals surface area contributed by atoms with E-state index in [4.69, 9.17) is 4.74 Å². The van der Waals surface area contributed by atoms with Crippen LogP contribution in [-0.2, 0) is 9.59 Å². The minimum absolute atomic E-state index is 0.00559. The van der Waals surface area contributed by atoms with E-state index >= 15 is 0 Å². The molecule has 0 aliphatic rings. The average molecular weight is 448 g/mol. The summed E-state index contributed by atoms with van der Waals surface area (Å²) >= 11 is 3.28. The fourth-order valence-electron chi connectivity index (χ4n) is 2.50. The molecular formula is C20H22BrN3O4. The molecule has 0 spiro atoms. The van der Waals surface area contributed by atoms with Gasteiger partial charge in [0.1, 0.15) is 0 Å². The second kappa shape index (κ2) is 9.89. The van der Waals surface area contributed by atoms with Crippen molar-refractivity contribution in [1.82, 2.24) is 5.43 Å². The maximum absolute atomic E-state index is 12.0. The van der Waals surface area contributed by atoms with Gasteiger partial charge in [0.25, 0.3) is 0 Å². The fourth-order valence-corrected chi connectivity index (χ4v) is 3.13. The predicted octanol–water partition coefficient (Wildman–Crippen LogP) is 3.65. The number of phenolic OH excluding ortho intramolecular Hbond substituents is 1. The zero-order valence-corrected chi connectivity index (χ0v) is 17.5. The van der Waals surface area contributed by atoms with E-state index in [2.05, 4.69) is 31.8 Å². The van der Waals surface area contributed by atoms with E-state index in [0.717, 1.165) is 16.8 Å². The number of amides is 2. The lowest BCUT2D eigenvalue weighted by atomic mass is 10.1. The summed E-state index contributed by atoms with van der Waals surface area (Å²) in [6.07, 6.45) is 1.44. The SMILES string of the molecule is COc1c(O)cc(/C=N/NC(=O)CCC(=O)Nc2ccc(C)cc2C)cc1Br. The summed E-state index contributed by atoms with van der Waals surface area (Å²) < 4.78 is 5.60. The van der Waals surface area contributed by atoms with E-state index in [9.17, 15) is 14.7 Å². The van der Waals surface area contributed by atoms with E-state index in [1.165, 1.54) is 19.4 Å². The second-order valence-corrected chi connectivity index (χ2v) is 7.07. The van der Waals surface area contributed by atoms with Crippen molar-refractivity contribution in [3.63, 3.8) is 0 Å². The number of benzene rings is 2. The third-order valence-electron chi connectivity index (χ3n) is 3.89. The zero-order valence-electron chi connectivity index (χ0n) is 15.9. The smallest absolute Gasteiger partial charge is 0.240 e. The quantitative estimate of drug-likeness (QED) is 0.445. The largest absolute Gasteiger partial charge is 0.504 e. The molecule has 2 amide bonds. The highest BCUT2D eigenvalue weighted by molar-refractivity contribution is 9.10. The Morgan fingerprint density at radius 2 is 1.89 bits per heavy atom. The number of anilines is 1. The Labute approximate surface area is 171 Å². The Balaban J connectivity index is 1.82. The van der Waals surface area contributed by atoms with Gasteiger partial charge in [-0.05, 0) is 59.1 Å². The topological polar surface area (TPSA) is 100 Å². The molecule has 3 N–H and O–H groups in total. The van der Waals surface area contributed by atoms with Crippen molar-refractivity contribution < 1.29 is 19.4 Å². The Kier molecular flexibility index (Phi) is 7.57. The summed E-state index contributed by atoms with van der Waals surface area (Å²) in [6, 6.07) is 8.88. The molecule has 2 rings (SSSR count). The molecule has 0 aliphatic carbocycles. The molecule has 0 bridgehead atoms. The number of nitrogens with zero attached hydrogens (tertiary/aromatic N) is 1. The van der Waals surface area contributed by atoms with Gasteiger partial charge in [-0.1, -0.05) is 17.7 Å². The number of hydrogen-bond acceptors (Lipinski definition) is 5. The van der Waals surface area contributed by atoms with E-state index in [-0.39, 0.29) is 30.4 Å². The van der Waals surface area contributed by atoms with Crippen LogP contribution >= 0.6 is 15.9 Å². The highest BCUT2D eigenvalue weighted by Crippen LogP contribution is 2.34. The van der Waals surface area contributed by atoms with Gasteiger partial charge in [-0.25, -0.2) is 5.43 Å². The van der Waals surface area contributed by atoms with Crippen molar-refractivity contribution in [2.75, 3.05) is 12.4 Å². The van der Waals surface area contributed by atoms with Crippen LogP contribution in [0, 0.1) is 13.8 Å². The maximum atomic E-state index is 12.0. The van der Waals surface area contributed by atoms with Crippen molar-refractivity contribution in [3.8, 4) is 11.5 Å². The van der Waals surface area contributed by atoms with Gasteiger partial charge in [0, 0.05) is 18.5 Å². The summed E-state index contributed by atoms with van der Waals surface area (Å²) in [7, 11) is 1.45. The second-order valence-electron chi connectivity index (χ2n) is 6.21. The molecule has 0 fully saturated rings. The highest BCUT2D eigenvalue weighted by atomic mass is 79.9. The molecule has 0 radical (unpaired) electrons. The maximum Gasteiger partial charge on any atom is 0.240 e. The fraction of sp³-hybridized carbons (Fsp3) is 0.250. The van der Waals surface area contributed by atoms with Crippen LogP contribution in [0.25, 0.3) is 0 Å². The van der Waals surface area contributed by atoms with Gasteiger partial charge in [0.15, 0.2) is 11.5 Å². The molecule has 0 atom stereocenters. The Morgan fingerprint density at radius 3 is 2.54 bits per heavy atom. The van der Waals surface area contributed by atoms with Crippen LogP contribution in [0.1, 0.15) is 29.5 Å². The molecule has 148 valence electrons. The number of carbonyl (C=O) groups excluding carboxylic acids is 2. The van der Waals surface area contributed by atoms with E-state index in [1.54, 1.807) is 6.07 Å². The lowest BCUT2D eigenvalue weighted by Gasteiger charge is -2.09. The number of nitrogens with one attached hydrogen (secondary N) is 2. The predicted molar refractivity (Wildman–Crippen MR) is 112 cm³/mol. The first-order valence-electron chi connectivity index (χ1n) is 8.55. The van der Waals surface area contributed by atoms with E-state index < -0.39 is 0 Å². The van der Waals surface area contributed by atoms with Gasteiger partial charge in [-0.15, -0.1) is 0 Å². The van der Waals surface area contributed by atoms with Crippen molar-refractivity contribution >= 4 is 39.6 Å². The minimum atomic E-state index is -0.385. The first-order valence-corrected chi connectivity index (χ1v) is 9.35. The van der Waals surface area contributed by atoms with E-state index in [1.807, 2.05) is 32.0 Å². The first-order chi connectivity index (χ1) is 13.3. The standard InChI is InChI=1S/C20H22BrN3O4/c1-12-4-5-16(13(2)8-12)23-18(26)6-7-19(27)24-22-11-14-9-15(21)20(28-3)17(25)10-14/h4-5,8-11,25H,6-7H2,1-3H3,(H,23,26)(H,24,27)/b22-11+. The molecule has 0 aromatic heterocycles. The molecule has 2 aromatic rings. The number of aromatic hydroxyl groups is 1. The van der Waals surface area contributed by atoms with Crippen LogP contribution in [0.15, 0.2) is 39.9 Å². The summed E-state index contributed by atoms with van der Waals surface area (Å²) in [6.45, 7) is 3.90. The van der Waals surface area contributed by atoms with Gasteiger partial charge < -0.3 is 15.2 Å². The molecular weight excluding hydrogens is 426 g/mol. The monoisotopic (exact) mass is 447 g/mol. The van der Waals surface area contributed by atoms with Gasteiger partial charge in [-0.2, -0.15) is 5.10 Å². The minimum Gasteiger partial charge on any atom is -0.504 e. The summed E-state index contributed by atoms with van der Waals surface area (Å²) in [5, 5.41) is 16.5. The third kappa shape index (κ3) is 6.09. The number of carbonyl (C=O) groups is 2. The van der Waals surface area contributed by atoms with Gasteiger partial charge in [-0.3, -0.25) is 9.59 Å². The Hall–Kier alpha value is -2.87. The number of rotatable bonds is 7. The molecule has 0 saturated heterocycles. The van der Waals surface area contributed by atoms with Crippen LogP contribution in [0.5, 0.6) is 11.5 Å². The molecule has 2 aromatic carbocycles. The Morgan fingerprint density at radius 1 is 1.18 bits per heavy atom. The average Bonchev–Trinajstić information content (AvgIpc) is 2.62. The van der Waals surface area contributed by atoms with Gasteiger partial charge in [0.2, 0.25) is 11.8 Å². The van der Waals surface area contributed by atoms with E-state index in [0.29, 0.717) is 15.8 Å². The van der Waals surface area contributed by atoms with Crippen LogP contribution in [0.4, 0.5) is 5.69 Å². The van der Waals surface area contributed by atoms with Crippen molar-refractivity contribution in [3.05, 3.63) is 51.5 Å². The van der Waals surface area contributed by atoms with Crippen molar-refractivity contribution in [1.29, 1.82) is 0 Å². The molecule has 0 unspecified atom stereocenters. The zero-order chi connectivity index (χ0) is 20.7. The molecule has 0 heterocycles. The van der Waals surface area contributed by atoms with Crippen LogP contribution in [0.3, 0.4) is 0 Å². The Bertz CT molecular complexity index is 889. The third-order valence-corrected chi connectivity index (χ3v) is 4.48. The van der Waals surface area contributed by atoms with Crippen LogP contribution < -0.4 is 15.5 Å². The highest BCUT2D eigenvalue weighted by Gasteiger charge is 2.09. The van der Waals surface area contributed by atoms with Gasteiger partial charge >= 0.3 is 0 Å². The lowest BCUT2D eigenvalue weighted by molar-refractivity contribution is -0.124. The number of hydrazone groups is 1. The normalized spacial score (nSPS) is 10.7. The number of aryl methyl sites for hydroxylation is 2. The number of methoxy groups -OCH3 is 1. The molecule has 7 nitrogen and oxygen atoms in total. The lowest BCUT2D eigenvalue weighted by Crippen LogP contribution is -2.20. The molecule has 0 saturated carbocycles. The van der Waals surface area contributed by atoms with Crippen LogP contribution in [0.2, 0.25) is 0 Å². The number of halogens is 1. The summed E-state index contributed by atoms with van der Waals surface area (Å²) in [5.74, 6) is -0.359. The van der Waals surface area contributed by atoms with Crippen LogP contribution in [-0.4, -0.2) is 30.2 Å². The number of hydrogen-bond donors (Lipinski definition) is 3.